The zero-order chi connectivity index (χ0) is 10.7. The highest BCUT2D eigenvalue weighted by Gasteiger charge is 2.23. The van der Waals surface area contributed by atoms with E-state index in [4.69, 9.17) is 0 Å². The molecule has 1 aliphatic heterocycles. The van der Waals surface area contributed by atoms with Gasteiger partial charge in [-0.05, 0) is 17.2 Å². The van der Waals surface area contributed by atoms with Gasteiger partial charge >= 0.3 is 0 Å². The van der Waals surface area contributed by atoms with Crippen molar-refractivity contribution in [1.29, 1.82) is 0 Å². The molecule has 0 bridgehead atoms. The van der Waals surface area contributed by atoms with Crippen molar-refractivity contribution in [3.63, 3.8) is 0 Å². The molecule has 0 saturated carbocycles. The second kappa shape index (κ2) is 4.60. The van der Waals surface area contributed by atoms with Crippen LogP contribution in [0.15, 0.2) is 36.4 Å². The molecule has 0 fully saturated rings. The number of likely N-dealkylation sites (N-methyl/N-ethyl adjacent to an activating group) is 1. The molecule has 0 aromatic heterocycles. The molecule has 0 saturated heterocycles. The molecule has 2 atom stereocenters. The van der Waals surface area contributed by atoms with Crippen LogP contribution in [-0.4, -0.2) is 31.9 Å². The lowest BCUT2D eigenvalue weighted by Gasteiger charge is -2.27. The predicted molar refractivity (Wildman–Crippen MR) is 61.6 cm³/mol. The van der Waals surface area contributed by atoms with Gasteiger partial charge in [-0.25, -0.2) is 0 Å². The highest BCUT2D eigenvalue weighted by molar-refractivity contribution is 5.68. The molecule has 1 heterocycles. The maximum atomic E-state index is 9.39. The Bertz CT molecular complexity index is 345. The second-order valence-electron chi connectivity index (χ2n) is 4.27. The van der Waals surface area contributed by atoms with Crippen molar-refractivity contribution in [3.05, 3.63) is 42.0 Å². The molecule has 2 nitrogen and oxygen atoms in total. The lowest BCUT2D eigenvalue weighted by atomic mass is 9.90. The molecule has 1 aliphatic rings. The number of nitrogens with one attached hydrogen (secondary N) is 1. The van der Waals surface area contributed by atoms with E-state index in [2.05, 4.69) is 37.4 Å². The smallest absolute Gasteiger partial charge is 0.0962 e. The van der Waals surface area contributed by atoms with Gasteiger partial charge in [-0.3, -0.25) is 0 Å². The van der Waals surface area contributed by atoms with Crippen LogP contribution in [0.1, 0.15) is 5.56 Å². The fraction of sp³-hybridized carbons (Fsp3) is 0.385. The van der Waals surface area contributed by atoms with Crippen LogP contribution in [0.4, 0.5) is 0 Å². The summed E-state index contributed by atoms with van der Waals surface area (Å²) in [7, 11) is 2.17. The topological polar surface area (TPSA) is 24.7 Å². The van der Waals surface area contributed by atoms with Gasteiger partial charge in [0.15, 0.2) is 0 Å². The van der Waals surface area contributed by atoms with Crippen molar-refractivity contribution in [3.8, 4) is 0 Å². The molecule has 80 valence electrons. The van der Waals surface area contributed by atoms with Crippen LogP contribution >= 0.6 is 0 Å². The normalized spacial score (nSPS) is 26.1. The van der Waals surface area contributed by atoms with Gasteiger partial charge in [0.05, 0.1) is 32.7 Å². The summed E-state index contributed by atoms with van der Waals surface area (Å²) in [6, 6.07) is 10.4. The number of aliphatic hydroxyl groups is 1. The summed E-state index contributed by atoms with van der Waals surface area (Å²) >= 11 is 0. The maximum Gasteiger partial charge on any atom is 0.0962 e. The summed E-state index contributed by atoms with van der Waals surface area (Å²) in [4.78, 5) is 1.47. The summed E-state index contributed by atoms with van der Waals surface area (Å²) in [5, 5.41) is 9.39. The van der Waals surface area contributed by atoms with Crippen LogP contribution in [0, 0.1) is 5.92 Å². The number of rotatable bonds is 2. The van der Waals surface area contributed by atoms with Crippen molar-refractivity contribution in [1.82, 2.24) is 0 Å². The van der Waals surface area contributed by atoms with Gasteiger partial charge in [-0.1, -0.05) is 30.3 Å². The van der Waals surface area contributed by atoms with Crippen LogP contribution in [-0.2, 0) is 0 Å². The zero-order valence-electron chi connectivity index (χ0n) is 9.11. The van der Waals surface area contributed by atoms with Gasteiger partial charge in [0.25, 0.3) is 0 Å². The fourth-order valence-corrected chi connectivity index (χ4v) is 2.21. The lowest BCUT2D eigenvalue weighted by molar-refractivity contribution is -0.877. The Balaban J connectivity index is 2.27. The summed E-state index contributed by atoms with van der Waals surface area (Å²) in [6.45, 7) is 2.33. The molecule has 2 heteroatoms. The average molecular weight is 204 g/mol. The van der Waals surface area contributed by atoms with E-state index in [1.54, 1.807) is 0 Å². The minimum atomic E-state index is 0.248. The minimum absolute atomic E-state index is 0.248. The molecule has 15 heavy (non-hydrogen) atoms. The molecule has 0 spiro atoms. The Morgan fingerprint density at radius 3 is 2.73 bits per heavy atom. The minimum Gasteiger partial charge on any atom is -0.396 e. The van der Waals surface area contributed by atoms with E-state index in [-0.39, 0.29) is 6.61 Å². The third-order valence-corrected chi connectivity index (χ3v) is 3.03. The van der Waals surface area contributed by atoms with Crippen LogP contribution in [0.5, 0.6) is 0 Å². The van der Waals surface area contributed by atoms with Crippen LogP contribution < -0.4 is 4.90 Å². The van der Waals surface area contributed by atoms with E-state index in [0.29, 0.717) is 5.92 Å². The standard InChI is InChI=1S/C13H17NO/c1-14-8-7-13(12(9-14)10-15)11-5-3-2-4-6-11/h2-7,12,15H,8-10H2,1H3/p+1/t12-/m1/s1. The molecule has 2 N–H and O–H groups in total. The molecule has 2 rings (SSSR count). The molecule has 1 unspecified atom stereocenters. The summed E-state index contributed by atoms with van der Waals surface area (Å²) in [5.74, 6) is 0.293. The first-order chi connectivity index (χ1) is 7.31. The second-order valence-corrected chi connectivity index (χ2v) is 4.27. The molecule has 0 aliphatic carbocycles. The first kappa shape index (κ1) is 10.4. The number of hydrogen-bond donors (Lipinski definition) is 2. The SMILES string of the molecule is C[NH+]1CC=C(c2ccccc2)[C@@H](CO)C1. The van der Waals surface area contributed by atoms with Gasteiger partial charge in [0.1, 0.15) is 0 Å². The van der Waals surface area contributed by atoms with Crippen molar-refractivity contribution in [2.24, 2.45) is 5.92 Å². The Labute approximate surface area is 90.8 Å². The van der Waals surface area contributed by atoms with E-state index >= 15 is 0 Å². The van der Waals surface area contributed by atoms with Crippen molar-refractivity contribution < 1.29 is 10.0 Å². The Morgan fingerprint density at radius 2 is 2.07 bits per heavy atom. The predicted octanol–water partition coefficient (Wildman–Crippen LogP) is 0.207. The number of quaternary nitrogens is 1. The summed E-state index contributed by atoms with van der Waals surface area (Å²) < 4.78 is 0. The van der Waals surface area contributed by atoms with E-state index in [1.807, 2.05) is 6.07 Å². The molecule has 1 aromatic carbocycles. The number of hydrogen-bond acceptors (Lipinski definition) is 1. The molecule has 0 radical (unpaired) electrons. The van der Waals surface area contributed by atoms with E-state index in [9.17, 15) is 5.11 Å². The first-order valence-corrected chi connectivity index (χ1v) is 5.49. The molecule has 1 aromatic rings. The van der Waals surface area contributed by atoms with E-state index in [0.717, 1.165) is 13.1 Å². The average Bonchev–Trinajstić information content (AvgIpc) is 2.30. The number of aliphatic hydroxyl groups excluding tert-OH is 1. The third kappa shape index (κ3) is 2.28. The summed E-state index contributed by atoms with van der Waals surface area (Å²) in [6.07, 6.45) is 2.26. The van der Waals surface area contributed by atoms with Crippen molar-refractivity contribution >= 4 is 5.57 Å². The quantitative estimate of drug-likeness (QED) is 0.707. The van der Waals surface area contributed by atoms with Crippen molar-refractivity contribution in [2.75, 3.05) is 26.7 Å². The lowest BCUT2D eigenvalue weighted by Crippen LogP contribution is -3.10. The Hall–Kier alpha value is -1.12. The fourth-order valence-electron chi connectivity index (χ4n) is 2.21. The van der Waals surface area contributed by atoms with Crippen molar-refractivity contribution in [2.45, 2.75) is 0 Å². The van der Waals surface area contributed by atoms with Crippen LogP contribution in [0.2, 0.25) is 0 Å². The van der Waals surface area contributed by atoms with Gasteiger partial charge < -0.3 is 10.0 Å². The summed E-state index contributed by atoms with van der Waals surface area (Å²) in [5.41, 5.74) is 2.56. The Morgan fingerprint density at radius 1 is 1.33 bits per heavy atom. The highest BCUT2D eigenvalue weighted by atomic mass is 16.3. The van der Waals surface area contributed by atoms with Gasteiger partial charge in [-0.2, -0.15) is 0 Å². The molecular weight excluding hydrogens is 186 g/mol. The monoisotopic (exact) mass is 204 g/mol. The van der Waals surface area contributed by atoms with Gasteiger partial charge in [-0.15, -0.1) is 0 Å². The van der Waals surface area contributed by atoms with E-state index in [1.165, 1.54) is 16.0 Å². The number of benzene rings is 1. The van der Waals surface area contributed by atoms with E-state index < -0.39 is 0 Å². The van der Waals surface area contributed by atoms with Crippen LogP contribution in [0.3, 0.4) is 0 Å². The molecule has 0 amide bonds. The molecular formula is C13H18NO+. The third-order valence-electron chi connectivity index (χ3n) is 3.03. The zero-order valence-corrected chi connectivity index (χ0v) is 9.11. The highest BCUT2D eigenvalue weighted by Crippen LogP contribution is 2.23. The van der Waals surface area contributed by atoms with Crippen LogP contribution in [0.25, 0.3) is 5.57 Å². The van der Waals surface area contributed by atoms with Gasteiger partial charge in [0, 0.05) is 0 Å². The Kier molecular flexibility index (Phi) is 3.19. The largest absolute Gasteiger partial charge is 0.396 e. The van der Waals surface area contributed by atoms with Gasteiger partial charge in [0.2, 0.25) is 0 Å². The first-order valence-electron chi connectivity index (χ1n) is 5.49. The maximum absolute atomic E-state index is 9.39.